The fourth-order valence-corrected chi connectivity index (χ4v) is 2.40. The molecule has 116 valence electrons. The molecule has 1 aromatic rings. The highest BCUT2D eigenvalue weighted by Crippen LogP contribution is 2.23. The van der Waals surface area contributed by atoms with Gasteiger partial charge in [-0.25, -0.2) is 4.79 Å². The van der Waals surface area contributed by atoms with Crippen LogP contribution in [0, 0.1) is 6.92 Å². The molecule has 0 bridgehead atoms. The van der Waals surface area contributed by atoms with Crippen LogP contribution in [0.5, 0.6) is 11.5 Å². The first kappa shape index (κ1) is 15.4. The zero-order valence-electron chi connectivity index (χ0n) is 12.5. The second-order valence-electron chi connectivity index (χ2n) is 5.15. The summed E-state index contributed by atoms with van der Waals surface area (Å²) in [6.45, 7) is 4.26. The van der Waals surface area contributed by atoms with E-state index in [9.17, 15) is 4.79 Å². The van der Waals surface area contributed by atoms with Crippen LogP contribution >= 0.6 is 0 Å². The largest absolute Gasteiger partial charge is 0.496 e. The summed E-state index contributed by atoms with van der Waals surface area (Å²) in [5.41, 5.74) is 1.07. The minimum absolute atomic E-state index is 0.141. The van der Waals surface area contributed by atoms with E-state index in [4.69, 9.17) is 14.6 Å². The molecule has 0 radical (unpaired) electrons. The van der Waals surface area contributed by atoms with Crippen molar-refractivity contribution in [2.75, 3.05) is 33.4 Å². The molecule has 1 aliphatic rings. The quantitative estimate of drug-likeness (QED) is 0.865. The van der Waals surface area contributed by atoms with Crippen LogP contribution in [0.4, 0.5) is 4.79 Å². The number of piperazine rings is 1. The van der Waals surface area contributed by atoms with Gasteiger partial charge in [0.05, 0.1) is 13.7 Å². The highest BCUT2D eigenvalue weighted by Gasteiger charge is 2.22. The maximum Gasteiger partial charge on any atom is 0.407 e. The smallest absolute Gasteiger partial charge is 0.407 e. The van der Waals surface area contributed by atoms with Crippen LogP contribution in [0.15, 0.2) is 18.2 Å². The van der Waals surface area contributed by atoms with Crippen molar-refractivity contribution in [2.45, 2.75) is 19.4 Å². The molecular formula is C15H22N2O4. The van der Waals surface area contributed by atoms with Crippen molar-refractivity contribution < 1.29 is 19.4 Å². The monoisotopic (exact) mass is 294 g/mol. The lowest BCUT2D eigenvalue weighted by Crippen LogP contribution is -2.52. The Hall–Kier alpha value is -1.95. The SMILES string of the molecule is COc1cc(OCCC2CN(C(=O)O)CCN2)ccc1C. The van der Waals surface area contributed by atoms with Gasteiger partial charge < -0.3 is 24.8 Å². The zero-order chi connectivity index (χ0) is 15.2. The molecule has 2 N–H and O–H groups in total. The number of nitrogens with zero attached hydrogens (tertiary/aromatic N) is 1. The number of carboxylic acid groups (broad SMARTS) is 1. The first-order valence-electron chi connectivity index (χ1n) is 7.09. The van der Waals surface area contributed by atoms with E-state index >= 15 is 0 Å². The molecule has 1 aromatic carbocycles. The molecule has 0 aromatic heterocycles. The summed E-state index contributed by atoms with van der Waals surface area (Å²) < 4.78 is 11.0. The van der Waals surface area contributed by atoms with Crippen molar-refractivity contribution >= 4 is 6.09 Å². The minimum Gasteiger partial charge on any atom is -0.496 e. The lowest BCUT2D eigenvalue weighted by atomic mass is 10.1. The summed E-state index contributed by atoms with van der Waals surface area (Å²) in [5, 5.41) is 12.3. The number of hydrogen-bond acceptors (Lipinski definition) is 4. The van der Waals surface area contributed by atoms with Crippen molar-refractivity contribution in [3.63, 3.8) is 0 Å². The molecule has 0 spiro atoms. The molecule has 1 fully saturated rings. The van der Waals surface area contributed by atoms with Crippen LogP contribution in [0.1, 0.15) is 12.0 Å². The fraction of sp³-hybridized carbons (Fsp3) is 0.533. The third-order valence-electron chi connectivity index (χ3n) is 3.64. The van der Waals surface area contributed by atoms with Gasteiger partial charge in [-0.3, -0.25) is 0 Å². The summed E-state index contributed by atoms with van der Waals surface area (Å²) >= 11 is 0. The Bertz CT molecular complexity index is 493. The number of rotatable bonds is 5. The molecule has 1 heterocycles. The molecule has 6 nitrogen and oxygen atoms in total. The summed E-state index contributed by atoms with van der Waals surface area (Å²) in [6.07, 6.45) is -0.0920. The molecule has 2 rings (SSSR count). The van der Waals surface area contributed by atoms with E-state index in [0.717, 1.165) is 23.5 Å². The Morgan fingerprint density at radius 2 is 2.33 bits per heavy atom. The Morgan fingerprint density at radius 3 is 3.05 bits per heavy atom. The number of aryl methyl sites for hydroxylation is 1. The van der Waals surface area contributed by atoms with Crippen molar-refractivity contribution in [3.05, 3.63) is 23.8 Å². The number of benzene rings is 1. The van der Waals surface area contributed by atoms with Gasteiger partial charge in [0.25, 0.3) is 0 Å². The number of carbonyl (C=O) groups is 1. The van der Waals surface area contributed by atoms with Crippen molar-refractivity contribution in [1.82, 2.24) is 10.2 Å². The van der Waals surface area contributed by atoms with Crippen LogP contribution in [0.2, 0.25) is 0 Å². The van der Waals surface area contributed by atoms with Gasteiger partial charge in [0.1, 0.15) is 11.5 Å². The summed E-state index contributed by atoms with van der Waals surface area (Å²) in [4.78, 5) is 12.4. The van der Waals surface area contributed by atoms with E-state index in [2.05, 4.69) is 5.32 Å². The Morgan fingerprint density at radius 1 is 1.52 bits per heavy atom. The maximum absolute atomic E-state index is 11.0. The van der Waals surface area contributed by atoms with Gasteiger partial charge in [-0.1, -0.05) is 6.07 Å². The fourth-order valence-electron chi connectivity index (χ4n) is 2.40. The molecule has 1 unspecified atom stereocenters. The van der Waals surface area contributed by atoms with Gasteiger partial charge in [-0.05, 0) is 25.0 Å². The molecule has 0 saturated carbocycles. The number of methoxy groups -OCH3 is 1. The van der Waals surface area contributed by atoms with Gasteiger partial charge in [-0.2, -0.15) is 0 Å². The number of amides is 1. The Labute approximate surface area is 124 Å². The van der Waals surface area contributed by atoms with E-state index in [1.807, 2.05) is 25.1 Å². The number of hydrogen-bond donors (Lipinski definition) is 2. The van der Waals surface area contributed by atoms with E-state index in [-0.39, 0.29) is 6.04 Å². The molecule has 1 amide bonds. The highest BCUT2D eigenvalue weighted by molar-refractivity contribution is 5.65. The molecule has 1 aliphatic heterocycles. The van der Waals surface area contributed by atoms with Gasteiger partial charge in [-0.15, -0.1) is 0 Å². The minimum atomic E-state index is -0.856. The van der Waals surface area contributed by atoms with Crippen LogP contribution in [0.3, 0.4) is 0 Å². The van der Waals surface area contributed by atoms with Gasteiger partial charge >= 0.3 is 6.09 Å². The van der Waals surface area contributed by atoms with Gasteiger partial charge in [0.2, 0.25) is 0 Å². The van der Waals surface area contributed by atoms with Crippen molar-refractivity contribution in [2.24, 2.45) is 0 Å². The average molecular weight is 294 g/mol. The second kappa shape index (κ2) is 7.17. The number of ether oxygens (including phenoxy) is 2. The average Bonchev–Trinajstić information content (AvgIpc) is 2.49. The second-order valence-corrected chi connectivity index (χ2v) is 5.15. The summed E-state index contributed by atoms with van der Waals surface area (Å²) in [6, 6.07) is 5.88. The first-order chi connectivity index (χ1) is 10.1. The highest BCUT2D eigenvalue weighted by atomic mass is 16.5. The van der Waals surface area contributed by atoms with Crippen molar-refractivity contribution in [3.8, 4) is 11.5 Å². The van der Waals surface area contributed by atoms with Gasteiger partial charge in [0, 0.05) is 31.7 Å². The molecular weight excluding hydrogens is 272 g/mol. The zero-order valence-corrected chi connectivity index (χ0v) is 12.5. The van der Waals surface area contributed by atoms with Crippen LogP contribution < -0.4 is 14.8 Å². The Balaban J connectivity index is 1.80. The summed E-state index contributed by atoms with van der Waals surface area (Å²) in [7, 11) is 1.64. The number of nitrogens with one attached hydrogen (secondary N) is 1. The standard InChI is InChI=1S/C15H22N2O4/c1-11-3-4-13(9-14(11)20-2)21-8-5-12-10-17(15(18)19)7-6-16-12/h3-4,9,12,16H,5-8,10H2,1-2H3,(H,18,19). The normalized spacial score (nSPS) is 18.4. The van der Waals surface area contributed by atoms with Gasteiger partial charge in [0.15, 0.2) is 0 Å². The first-order valence-corrected chi connectivity index (χ1v) is 7.09. The lowest BCUT2D eigenvalue weighted by molar-refractivity contribution is 0.124. The molecule has 21 heavy (non-hydrogen) atoms. The summed E-state index contributed by atoms with van der Waals surface area (Å²) in [5.74, 6) is 1.57. The molecule has 1 saturated heterocycles. The van der Waals surface area contributed by atoms with Crippen LogP contribution in [-0.4, -0.2) is 55.5 Å². The maximum atomic E-state index is 11.0. The van der Waals surface area contributed by atoms with E-state index < -0.39 is 6.09 Å². The molecule has 6 heteroatoms. The molecule has 1 atom stereocenters. The topological polar surface area (TPSA) is 71.0 Å². The Kier molecular flexibility index (Phi) is 5.27. The third kappa shape index (κ3) is 4.26. The molecule has 0 aliphatic carbocycles. The predicted molar refractivity (Wildman–Crippen MR) is 79.2 cm³/mol. The lowest BCUT2D eigenvalue weighted by Gasteiger charge is -2.31. The van der Waals surface area contributed by atoms with E-state index in [1.165, 1.54) is 4.90 Å². The van der Waals surface area contributed by atoms with E-state index in [1.54, 1.807) is 7.11 Å². The van der Waals surface area contributed by atoms with Crippen molar-refractivity contribution in [1.29, 1.82) is 0 Å². The third-order valence-corrected chi connectivity index (χ3v) is 3.64. The van der Waals surface area contributed by atoms with Crippen LogP contribution in [-0.2, 0) is 0 Å². The van der Waals surface area contributed by atoms with Crippen LogP contribution in [0.25, 0.3) is 0 Å². The van der Waals surface area contributed by atoms with E-state index in [0.29, 0.717) is 26.2 Å². The predicted octanol–water partition coefficient (Wildman–Crippen LogP) is 1.72.